The summed E-state index contributed by atoms with van der Waals surface area (Å²) in [6, 6.07) is 0. The molecule has 1 rings (SSSR count). The molecule has 0 saturated carbocycles. The third kappa shape index (κ3) is 4.48. The van der Waals surface area contributed by atoms with Gasteiger partial charge >= 0.3 is 18.5 Å². The Labute approximate surface area is 113 Å². The molecule has 5 nitrogen and oxygen atoms in total. The van der Waals surface area contributed by atoms with E-state index in [1.54, 1.807) is 0 Å². The number of ether oxygens (including phenoxy) is 1. The molecule has 1 aromatic heterocycles. The van der Waals surface area contributed by atoms with Gasteiger partial charge in [0.2, 0.25) is 5.88 Å². The molecule has 0 unspecified atom stereocenters. The molecule has 1 heterocycles. The standard InChI is InChI=1S/C10H8F6N2O3/c11-9(12,13)7-4(2-17)3-18-8(21-10(14,15)16)5(7)1-6(19)20/h3H,1-2,17H2,(H,19,20). The monoisotopic (exact) mass is 318 g/mol. The molecule has 0 saturated heterocycles. The largest absolute Gasteiger partial charge is 0.574 e. The van der Waals surface area contributed by atoms with Crippen molar-refractivity contribution in [2.75, 3.05) is 0 Å². The van der Waals surface area contributed by atoms with Crippen LogP contribution in [0.4, 0.5) is 26.3 Å². The van der Waals surface area contributed by atoms with E-state index in [1.807, 2.05) is 0 Å². The normalized spacial score (nSPS) is 12.3. The zero-order valence-electron chi connectivity index (χ0n) is 10.0. The van der Waals surface area contributed by atoms with Gasteiger partial charge in [-0.2, -0.15) is 13.2 Å². The van der Waals surface area contributed by atoms with E-state index in [9.17, 15) is 31.1 Å². The molecule has 0 radical (unpaired) electrons. The first-order valence-corrected chi connectivity index (χ1v) is 5.21. The molecule has 0 aliphatic heterocycles. The number of rotatable bonds is 4. The molecule has 118 valence electrons. The fourth-order valence-electron chi connectivity index (χ4n) is 1.60. The van der Waals surface area contributed by atoms with Crippen molar-refractivity contribution in [3.05, 3.63) is 22.9 Å². The molecule has 0 aromatic carbocycles. The molecule has 1 aromatic rings. The first-order chi connectivity index (χ1) is 9.45. The number of pyridine rings is 1. The summed E-state index contributed by atoms with van der Waals surface area (Å²) in [5, 5.41) is 8.58. The lowest BCUT2D eigenvalue weighted by atomic mass is 10.0. The summed E-state index contributed by atoms with van der Waals surface area (Å²) in [7, 11) is 0. The van der Waals surface area contributed by atoms with Crippen molar-refractivity contribution < 1.29 is 41.0 Å². The van der Waals surface area contributed by atoms with Gasteiger partial charge in [-0.3, -0.25) is 4.79 Å². The number of halogens is 6. The van der Waals surface area contributed by atoms with Crippen molar-refractivity contribution in [1.29, 1.82) is 0 Å². The van der Waals surface area contributed by atoms with Gasteiger partial charge in [-0.15, -0.1) is 13.2 Å². The Bertz CT molecular complexity index is 541. The quantitative estimate of drug-likeness (QED) is 0.830. The lowest BCUT2D eigenvalue weighted by Gasteiger charge is -2.19. The first kappa shape index (κ1) is 17.0. The maximum atomic E-state index is 12.9. The van der Waals surface area contributed by atoms with E-state index in [2.05, 4.69) is 9.72 Å². The van der Waals surface area contributed by atoms with E-state index in [0.29, 0.717) is 6.20 Å². The number of nitrogens with two attached hydrogens (primary N) is 1. The van der Waals surface area contributed by atoms with Crippen molar-refractivity contribution in [2.45, 2.75) is 25.5 Å². The van der Waals surface area contributed by atoms with Crippen LogP contribution in [0.3, 0.4) is 0 Å². The molecule has 0 atom stereocenters. The van der Waals surface area contributed by atoms with E-state index < -0.39 is 54.0 Å². The van der Waals surface area contributed by atoms with Crippen LogP contribution in [0.1, 0.15) is 16.7 Å². The second-order valence-electron chi connectivity index (χ2n) is 3.76. The zero-order valence-corrected chi connectivity index (χ0v) is 10.0. The second-order valence-corrected chi connectivity index (χ2v) is 3.76. The minimum atomic E-state index is -5.31. The van der Waals surface area contributed by atoms with Gasteiger partial charge in [0.1, 0.15) is 0 Å². The predicted molar refractivity (Wildman–Crippen MR) is 55.2 cm³/mol. The van der Waals surface area contributed by atoms with Gasteiger partial charge in [0.05, 0.1) is 12.0 Å². The number of nitrogens with zero attached hydrogens (tertiary/aromatic N) is 1. The average Bonchev–Trinajstić information content (AvgIpc) is 2.26. The lowest BCUT2D eigenvalue weighted by Crippen LogP contribution is -2.23. The summed E-state index contributed by atoms with van der Waals surface area (Å²) in [4.78, 5) is 13.7. The number of carbonyl (C=O) groups is 1. The molecule has 3 N–H and O–H groups in total. The van der Waals surface area contributed by atoms with Gasteiger partial charge in [-0.1, -0.05) is 0 Å². The maximum absolute atomic E-state index is 12.9. The van der Waals surface area contributed by atoms with Crippen LogP contribution in [-0.2, 0) is 23.9 Å². The van der Waals surface area contributed by atoms with E-state index in [4.69, 9.17) is 10.8 Å². The van der Waals surface area contributed by atoms with Crippen LogP contribution in [0.15, 0.2) is 6.20 Å². The summed E-state index contributed by atoms with van der Waals surface area (Å²) in [6.07, 6.45) is -11.3. The summed E-state index contributed by atoms with van der Waals surface area (Å²) in [5.41, 5.74) is 1.63. The zero-order chi connectivity index (χ0) is 16.4. The Hall–Kier alpha value is -2.04. The molecule has 0 fully saturated rings. The summed E-state index contributed by atoms with van der Waals surface area (Å²) >= 11 is 0. The van der Waals surface area contributed by atoms with Crippen LogP contribution in [0.5, 0.6) is 5.88 Å². The van der Waals surface area contributed by atoms with Gasteiger partial charge in [-0.25, -0.2) is 4.98 Å². The maximum Gasteiger partial charge on any atom is 0.574 e. The van der Waals surface area contributed by atoms with E-state index >= 15 is 0 Å². The first-order valence-electron chi connectivity index (χ1n) is 5.21. The number of hydrogen-bond acceptors (Lipinski definition) is 4. The summed E-state index contributed by atoms with van der Waals surface area (Å²) < 4.78 is 78.7. The van der Waals surface area contributed by atoms with Crippen LogP contribution in [-0.4, -0.2) is 22.4 Å². The fraction of sp³-hybridized carbons (Fsp3) is 0.400. The third-order valence-electron chi connectivity index (χ3n) is 2.26. The van der Waals surface area contributed by atoms with E-state index in [1.165, 1.54) is 0 Å². The highest BCUT2D eigenvalue weighted by atomic mass is 19.4. The smallest absolute Gasteiger partial charge is 0.481 e. The van der Waals surface area contributed by atoms with Crippen LogP contribution in [0.25, 0.3) is 0 Å². The molecule has 11 heteroatoms. The molecule has 21 heavy (non-hydrogen) atoms. The molecule has 0 aliphatic carbocycles. The third-order valence-corrected chi connectivity index (χ3v) is 2.26. The second kappa shape index (κ2) is 5.76. The van der Waals surface area contributed by atoms with Crippen molar-refractivity contribution in [1.82, 2.24) is 4.98 Å². The number of hydrogen-bond donors (Lipinski definition) is 2. The lowest BCUT2D eigenvalue weighted by molar-refractivity contribution is -0.276. The van der Waals surface area contributed by atoms with Crippen LogP contribution >= 0.6 is 0 Å². The molecular formula is C10H8F6N2O3. The summed E-state index contributed by atoms with van der Waals surface area (Å²) in [5.74, 6) is -3.24. The highest BCUT2D eigenvalue weighted by molar-refractivity contribution is 5.72. The van der Waals surface area contributed by atoms with Crippen LogP contribution in [0.2, 0.25) is 0 Å². The molecule has 0 amide bonds. The SMILES string of the molecule is NCc1cnc(OC(F)(F)F)c(CC(=O)O)c1C(F)(F)F. The Morgan fingerprint density at radius 2 is 1.86 bits per heavy atom. The fourth-order valence-corrected chi connectivity index (χ4v) is 1.60. The minimum Gasteiger partial charge on any atom is -0.481 e. The number of aromatic nitrogens is 1. The van der Waals surface area contributed by atoms with E-state index in [0.717, 1.165) is 0 Å². The van der Waals surface area contributed by atoms with Gasteiger partial charge < -0.3 is 15.6 Å². The summed E-state index contributed by atoms with van der Waals surface area (Å²) in [6.45, 7) is -0.680. The van der Waals surface area contributed by atoms with Crippen molar-refractivity contribution in [3.63, 3.8) is 0 Å². The highest BCUT2D eigenvalue weighted by Crippen LogP contribution is 2.39. The molecular weight excluding hydrogens is 310 g/mol. The molecule has 0 bridgehead atoms. The number of aliphatic carboxylic acids is 1. The Morgan fingerprint density at radius 3 is 2.24 bits per heavy atom. The molecule has 0 spiro atoms. The van der Waals surface area contributed by atoms with Crippen molar-refractivity contribution in [2.24, 2.45) is 5.73 Å². The topological polar surface area (TPSA) is 85.4 Å². The van der Waals surface area contributed by atoms with Crippen LogP contribution in [0, 0.1) is 0 Å². The van der Waals surface area contributed by atoms with Crippen molar-refractivity contribution >= 4 is 5.97 Å². The Kier molecular flexibility index (Phi) is 4.66. The van der Waals surface area contributed by atoms with Gasteiger partial charge in [0.15, 0.2) is 0 Å². The van der Waals surface area contributed by atoms with Gasteiger partial charge in [-0.05, 0) is 5.56 Å². The Morgan fingerprint density at radius 1 is 1.29 bits per heavy atom. The van der Waals surface area contributed by atoms with Crippen molar-refractivity contribution in [3.8, 4) is 5.88 Å². The van der Waals surface area contributed by atoms with E-state index in [-0.39, 0.29) is 0 Å². The van der Waals surface area contributed by atoms with Crippen LogP contribution < -0.4 is 10.5 Å². The number of carboxylic acids is 1. The Balaban J connectivity index is 3.56. The number of alkyl halides is 6. The minimum absolute atomic E-state index is 0.468. The van der Waals surface area contributed by atoms with Gasteiger partial charge in [0.25, 0.3) is 0 Å². The predicted octanol–water partition coefficient (Wildman–Crippen LogP) is 2.08. The average molecular weight is 318 g/mol. The molecule has 0 aliphatic rings. The highest BCUT2D eigenvalue weighted by Gasteiger charge is 2.41. The van der Waals surface area contributed by atoms with Gasteiger partial charge in [0, 0.05) is 18.3 Å². The number of carboxylic acid groups (broad SMARTS) is 1.